The van der Waals surface area contributed by atoms with Crippen LogP contribution in [0.25, 0.3) is 52.5 Å². The van der Waals surface area contributed by atoms with Gasteiger partial charge in [-0.3, -0.25) is 14.4 Å². The van der Waals surface area contributed by atoms with Crippen LogP contribution in [0.1, 0.15) is 71.3 Å². The Hall–Kier alpha value is -8.47. The predicted octanol–water partition coefficient (Wildman–Crippen LogP) is 11.6. The third-order valence-electron chi connectivity index (χ3n) is 15.2. The van der Waals surface area contributed by atoms with Crippen molar-refractivity contribution in [2.24, 2.45) is 17.2 Å². The largest absolute Gasteiger partial charge is 1.00 e. The van der Waals surface area contributed by atoms with Gasteiger partial charge < -0.3 is 65.7 Å². The summed E-state index contributed by atoms with van der Waals surface area (Å²) in [6.45, 7) is 6.68. The van der Waals surface area contributed by atoms with Gasteiger partial charge in [0.05, 0.1) is 43.4 Å². The summed E-state index contributed by atoms with van der Waals surface area (Å²) < 4.78 is 59.6. The van der Waals surface area contributed by atoms with Crippen LogP contribution >= 0.6 is 46.4 Å². The van der Waals surface area contributed by atoms with Crippen LogP contribution in [0.5, 0.6) is 23.0 Å². The van der Waals surface area contributed by atoms with Crippen molar-refractivity contribution >= 4 is 117 Å². The van der Waals surface area contributed by atoms with Gasteiger partial charge in [-0.2, -0.15) is 8.42 Å². The minimum atomic E-state index is -3.64. The molecule has 0 unspecified atom stereocenters. The van der Waals surface area contributed by atoms with Gasteiger partial charge in [-0.15, -0.1) is 46.4 Å². The molecule has 103 heavy (non-hydrogen) atoms. The zero-order valence-electron chi connectivity index (χ0n) is 56.7. The summed E-state index contributed by atoms with van der Waals surface area (Å²) in [6.07, 6.45) is 1.28. The molecule has 0 bridgehead atoms. The molecular formula is C78H82BClN3NaO15S4. The minimum Gasteiger partial charge on any atom is -0.870 e. The molecule has 25 heteroatoms. The molecule has 0 radical (unpaired) electrons. The number of halogens is 1. The van der Waals surface area contributed by atoms with E-state index >= 15 is 0 Å². The molecule has 3 heterocycles. The van der Waals surface area contributed by atoms with Gasteiger partial charge in [0, 0.05) is 45.7 Å². The number of hydrogen-bond donors (Lipinski definition) is 6. The molecule has 0 amide bonds. The fourth-order valence-electron chi connectivity index (χ4n) is 10.7. The smallest absolute Gasteiger partial charge is 0.870 e. The molecule has 12 aromatic rings. The maximum Gasteiger partial charge on any atom is 1.00 e. The van der Waals surface area contributed by atoms with E-state index in [2.05, 4.69) is 71.4 Å². The molecule has 18 nitrogen and oxygen atoms in total. The second-order valence-electron chi connectivity index (χ2n) is 22.5. The van der Waals surface area contributed by atoms with Gasteiger partial charge in [-0.25, -0.2) is 0 Å². The molecule has 0 saturated carbocycles. The summed E-state index contributed by atoms with van der Waals surface area (Å²) in [7, 11) is -5.04. The number of carbonyl (C=O) groups is 3. The van der Waals surface area contributed by atoms with Crippen molar-refractivity contribution in [1.82, 2.24) is 0 Å². The van der Waals surface area contributed by atoms with Gasteiger partial charge >= 0.3 is 64.7 Å². The van der Waals surface area contributed by atoms with Crippen LogP contribution in [0.15, 0.2) is 216 Å². The van der Waals surface area contributed by atoms with Crippen LogP contribution in [0.3, 0.4) is 0 Å². The van der Waals surface area contributed by atoms with Crippen LogP contribution in [-0.4, -0.2) is 73.5 Å². The van der Waals surface area contributed by atoms with Gasteiger partial charge in [0.25, 0.3) is 0 Å². The topological polar surface area (TPSA) is 309 Å². The number of para-hydroxylation sites is 3. The van der Waals surface area contributed by atoms with Crippen molar-refractivity contribution in [2.45, 2.75) is 80.0 Å². The third kappa shape index (κ3) is 25.1. The first-order valence-electron chi connectivity index (χ1n) is 31.7. The third-order valence-corrected chi connectivity index (χ3v) is 18.5. The van der Waals surface area contributed by atoms with Crippen LogP contribution in [0.4, 0.5) is 0 Å². The van der Waals surface area contributed by atoms with E-state index in [1.54, 1.807) is 66.0 Å². The van der Waals surface area contributed by atoms with Gasteiger partial charge in [0.1, 0.15) is 37.1 Å². The molecule has 0 atom stereocenters. The number of nitrogens with two attached hydrogens (primary N) is 3. The maximum atomic E-state index is 11.9. The zero-order valence-corrected chi connectivity index (χ0v) is 62.8. The first-order chi connectivity index (χ1) is 47.9. The monoisotopic (exact) mass is 1500 g/mol. The molecule has 3 aromatic heterocycles. The quantitative estimate of drug-likeness (QED) is 0.0176. The van der Waals surface area contributed by atoms with Crippen molar-refractivity contribution < 1.29 is 101 Å². The Balaban J connectivity index is 0.000000254. The van der Waals surface area contributed by atoms with Crippen LogP contribution in [-0.2, 0) is 92.7 Å². The van der Waals surface area contributed by atoms with Crippen LogP contribution in [0, 0.1) is 0 Å². The van der Waals surface area contributed by atoms with E-state index in [0.717, 1.165) is 77.5 Å². The second kappa shape index (κ2) is 42.3. The number of carboxylic acids is 1. The number of esters is 2. The van der Waals surface area contributed by atoms with E-state index in [0.29, 0.717) is 74.3 Å². The van der Waals surface area contributed by atoms with Crippen LogP contribution in [0.2, 0.25) is 0 Å². The van der Waals surface area contributed by atoms with Crippen molar-refractivity contribution in [2.75, 3.05) is 19.5 Å². The molecule has 12 rings (SSSR count). The summed E-state index contributed by atoms with van der Waals surface area (Å²) in [4.78, 5) is 34.8. The van der Waals surface area contributed by atoms with Gasteiger partial charge in [-0.05, 0) is 192 Å². The fourth-order valence-corrected chi connectivity index (χ4v) is 13.8. The molecule has 0 aliphatic carbocycles. The summed E-state index contributed by atoms with van der Waals surface area (Å²) in [6, 6.07) is 64.0. The predicted molar refractivity (Wildman–Crippen MR) is 412 cm³/mol. The van der Waals surface area contributed by atoms with E-state index in [9.17, 15) is 22.8 Å². The molecule has 0 aliphatic heterocycles. The molecule has 0 saturated heterocycles. The summed E-state index contributed by atoms with van der Waals surface area (Å²) in [5.74, 6) is 0.727. The molecule has 10 N–H and O–H groups in total. The number of hydrogen-bond acceptors (Lipinski definition) is 20. The van der Waals surface area contributed by atoms with Crippen molar-refractivity contribution in [1.29, 1.82) is 0 Å². The summed E-state index contributed by atoms with van der Waals surface area (Å²) >= 11 is 4.86. The average Bonchev–Trinajstić information content (AvgIpc) is 1.74. The number of fused-ring (bicyclic) bond motifs is 3. The number of ether oxygens (including phenoxy) is 5. The van der Waals surface area contributed by atoms with E-state index in [1.165, 1.54) is 37.1 Å². The van der Waals surface area contributed by atoms with E-state index in [4.69, 9.17) is 60.2 Å². The number of rotatable bonds is 25. The second-order valence-corrected chi connectivity index (χ2v) is 26.9. The molecule has 9 aromatic carbocycles. The SMILES string of the molecule is C.CCOC(=O)Cc1ccccc1OCc1cc(-c2cccc(CN)c2)c2sccc2c1.CCOC(=O)Cc1ccccc1OCc1cc(OS(C)(=O)=O)c2sccc2c1.Cl.NCc1cccc(-c2cc(COc3ccccc3CC(=O)O)cc3ccsc23)c1.NCc1cccc(B(O)O)c1.[Na+].[OH-]. The standard InChI is InChI=1S/C26H25NO3S.C24H21NO3S.C20H20O6S2.C7H10BNO2.CH4.ClH.Na.H2O/c1-2-29-25(28)15-21-7-3-4-9-24(21)30-17-19-13-22-10-11-31-26(22)23(14-19)20-8-5-6-18(12-20)16-27;25-14-16-4-3-6-18(10-16)21-12-17(11-20-8-9-29-24(20)21)15-28-22-7-2-1-5-19(22)13-23(26)27;1-3-24-19(21)12-15-6-4-5-7-17(15)25-13-14-10-16-8-9-27-20(16)18(11-14)26-28(2,22)23;9-5-6-2-1-3-7(4-6)8(10)11;;;;/h3-14H,2,15-17,27H2,1H3;1-12H,13-15,25H2,(H,26,27);4-11H,3,12-13H2,1-2H3;1-4,10-11H,5,9H2;1H4;1H;;1H2/q;;;;;;+1;/p-1. The van der Waals surface area contributed by atoms with Crippen molar-refractivity contribution in [3.8, 4) is 45.3 Å². The molecule has 0 spiro atoms. The first kappa shape index (κ1) is 85.2. The summed E-state index contributed by atoms with van der Waals surface area (Å²) in [5.41, 5.74) is 30.3. The fraction of sp³-hybridized carbons (Fsp3) is 0.192. The number of aliphatic carboxylic acids is 1. The summed E-state index contributed by atoms with van der Waals surface area (Å²) in [5, 5.41) is 35.9. The Morgan fingerprint density at radius 1 is 0.456 bits per heavy atom. The Bertz CT molecular complexity index is 4840. The number of carbonyl (C=O) groups excluding carboxylic acids is 2. The van der Waals surface area contributed by atoms with Crippen LogP contribution < -0.4 is 70.6 Å². The van der Waals surface area contributed by atoms with Gasteiger partial charge in [-0.1, -0.05) is 123 Å². The number of carboxylic acid groups (broad SMARTS) is 1. The Morgan fingerprint density at radius 2 is 0.825 bits per heavy atom. The van der Waals surface area contributed by atoms with Gasteiger partial charge in [0.2, 0.25) is 0 Å². The molecular weight excluding hydrogens is 1420 g/mol. The van der Waals surface area contributed by atoms with Crippen molar-refractivity contribution in [3.63, 3.8) is 0 Å². The Morgan fingerprint density at radius 3 is 1.21 bits per heavy atom. The Labute approximate surface area is 641 Å². The van der Waals surface area contributed by atoms with E-state index in [1.807, 2.05) is 115 Å². The Kier molecular flexibility index (Phi) is 35.0. The normalized spacial score (nSPS) is 10.5. The molecule has 534 valence electrons. The average molecular weight is 1500 g/mol. The number of benzene rings is 9. The number of thiophene rings is 3. The molecule has 0 fully saturated rings. The van der Waals surface area contributed by atoms with Gasteiger partial charge in [0.15, 0.2) is 5.75 Å². The maximum absolute atomic E-state index is 11.9. The first-order valence-corrected chi connectivity index (χ1v) is 36.2. The van der Waals surface area contributed by atoms with Crippen molar-refractivity contribution in [3.05, 3.63) is 266 Å². The molecule has 0 aliphatic rings. The minimum absolute atomic E-state index is 0. The van der Waals surface area contributed by atoms with E-state index in [-0.39, 0.29) is 98.4 Å². The zero-order chi connectivity index (χ0) is 70.3. The van der Waals surface area contributed by atoms with E-state index < -0.39 is 23.2 Å².